The summed E-state index contributed by atoms with van der Waals surface area (Å²) in [4.78, 5) is 72.5. The average molecular weight is 1350 g/mol. The van der Waals surface area contributed by atoms with Crippen LogP contribution in [0.3, 0.4) is 0 Å². The fourth-order valence-electron chi connectivity index (χ4n) is 11.0. The molecule has 19 heteroatoms. The Morgan fingerprint density at radius 1 is 0.315 bits per heavy atom. The molecule has 92 heavy (non-hydrogen) atoms. The van der Waals surface area contributed by atoms with Gasteiger partial charge in [0.05, 0.1) is 26.4 Å². The smallest absolute Gasteiger partial charge is 0.462 e. The first-order chi connectivity index (χ1) is 44.3. The lowest BCUT2D eigenvalue weighted by atomic mass is 9.99. The molecule has 0 fully saturated rings. The lowest BCUT2D eigenvalue weighted by Gasteiger charge is -2.21. The SMILES string of the molecule is CCCCCCCCCC(=O)OC[C@H](COP(=O)(O)OC[C@H](O)COP(=O)(O)OC[C@@H](COC(=O)CCCCCCCCCCCCC(C)CC)OC(=O)CCCCCCCCCCCCCCCCCCCCC(C)C)OC(=O)CCCCCCCCC(C)CC. The quantitative estimate of drug-likeness (QED) is 0.0222. The molecule has 0 saturated carbocycles. The number of hydrogen-bond donors (Lipinski definition) is 3. The van der Waals surface area contributed by atoms with Gasteiger partial charge in [-0.25, -0.2) is 9.13 Å². The normalized spacial score (nSPS) is 14.7. The predicted octanol–water partition coefficient (Wildman–Crippen LogP) is 21.0. The van der Waals surface area contributed by atoms with Crippen molar-refractivity contribution in [3.63, 3.8) is 0 Å². The summed E-state index contributed by atoms with van der Waals surface area (Å²) in [6.07, 6.45) is 48.8. The Balaban J connectivity index is 5.17. The molecule has 546 valence electrons. The first-order valence-electron chi connectivity index (χ1n) is 37.9. The van der Waals surface area contributed by atoms with E-state index >= 15 is 0 Å². The van der Waals surface area contributed by atoms with E-state index in [2.05, 4.69) is 48.5 Å². The van der Waals surface area contributed by atoms with E-state index in [0.717, 1.165) is 120 Å². The van der Waals surface area contributed by atoms with Crippen LogP contribution in [0.5, 0.6) is 0 Å². The van der Waals surface area contributed by atoms with Crippen molar-refractivity contribution in [2.24, 2.45) is 17.8 Å². The Morgan fingerprint density at radius 2 is 0.554 bits per heavy atom. The number of aliphatic hydroxyl groups is 1. The molecule has 0 radical (unpaired) electrons. The molecule has 0 saturated heterocycles. The fourth-order valence-corrected chi connectivity index (χ4v) is 12.6. The van der Waals surface area contributed by atoms with Gasteiger partial charge in [-0.3, -0.25) is 37.3 Å². The van der Waals surface area contributed by atoms with Crippen LogP contribution in [0.15, 0.2) is 0 Å². The van der Waals surface area contributed by atoms with E-state index in [1.165, 1.54) is 167 Å². The Bertz CT molecular complexity index is 1810. The number of esters is 4. The van der Waals surface area contributed by atoms with E-state index in [9.17, 15) is 43.2 Å². The second-order valence-corrected chi connectivity index (χ2v) is 30.2. The minimum atomic E-state index is -4.95. The fraction of sp³-hybridized carbons (Fsp3) is 0.945. The van der Waals surface area contributed by atoms with Gasteiger partial charge < -0.3 is 33.8 Å². The third kappa shape index (κ3) is 64.1. The predicted molar refractivity (Wildman–Crippen MR) is 372 cm³/mol. The number of aliphatic hydroxyl groups excluding tert-OH is 1. The highest BCUT2D eigenvalue weighted by molar-refractivity contribution is 7.47. The van der Waals surface area contributed by atoms with E-state index in [1.807, 2.05) is 0 Å². The molecule has 0 spiro atoms. The monoisotopic (exact) mass is 1350 g/mol. The highest BCUT2D eigenvalue weighted by Crippen LogP contribution is 2.45. The maximum atomic E-state index is 13.1. The molecule has 0 aliphatic carbocycles. The maximum Gasteiger partial charge on any atom is 0.472 e. The summed E-state index contributed by atoms with van der Waals surface area (Å²) in [7, 11) is -9.90. The molecular formula is C73H142O17P2. The number of rotatable bonds is 71. The maximum absolute atomic E-state index is 13.1. The van der Waals surface area contributed by atoms with Gasteiger partial charge in [0.1, 0.15) is 19.3 Å². The van der Waals surface area contributed by atoms with Crippen LogP contribution in [-0.2, 0) is 65.4 Å². The summed E-state index contributed by atoms with van der Waals surface area (Å²) in [5, 5.41) is 10.6. The van der Waals surface area contributed by atoms with Crippen molar-refractivity contribution < 1.29 is 80.2 Å². The van der Waals surface area contributed by atoms with Gasteiger partial charge in [-0.1, -0.05) is 318 Å². The molecular weight excluding hydrogens is 1210 g/mol. The first-order valence-corrected chi connectivity index (χ1v) is 40.9. The van der Waals surface area contributed by atoms with Crippen LogP contribution in [0.4, 0.5) is 0 Å². The summed E-state index contributed by atoms with van der Waals surface area (Å²) in [5.74, 6) is 0.220. The van der Waals surface area contributed by atoms with Gasteiger partial charge in [0.15, 0.2) is 12.2 Å². The van der Waals surface area contributed by atoms with Gasteiger partial charge in [0.25, 0.3) is 0 Å². The zero-order valence-corrected chi connectivity index (χ0v) is 61.8. The van der Waals surface area contributed by atoms with Crippen LogP contribution in [0.1, 0.15) is 370 Å². The average Bonchev–Trinajstić information content (AvgIpc) is 3.74. The number of ether oxygens (including phenoxy) is 4. The number of phosphoric acid groups is 2. The van der Waals surface area contributed by atoms with Gasteiger partial charge in [0, 0.05) is 25.7 Å². The van der Waals surface area contributed by atoms with E-state index in [0.29, 0.717) is 25.7 Å². The molecule has 0 aliphatic heterocycles. The van der Waals surface area contributed by atoms with Crippen molar-refractivity contribution in [3.05, 3.63) is 0 Å². The lowest BCUT2D eigenvalue weighted by Crippen LogP contribution is -2.30. The zero-order chi connectivity index (χ0) is 68.0. The third-order valence-electron chi connectivity index (χ3n) is 17.6. The standard InChI is InChI=1S/C73H142O17P2/c1-8-11-12-13-30-40-47-54-70(75)83-60-69(90-73(78)57-50-43-36-35-39-46-53-66(7)10-3)63-88-92(81,82)86-59-67(74)58-85-91(79,80)87-62-68(61-84-71(76)55-48-41-33-28-25-24-27-32-38-45-52-65(6)9-2)89-72(77)56-49-42-34-29-23-21-19-17-15-14-16-18-20-22-26-31-37-44-51-64(4)5/h64-69,74H,8-63H2,1-7H3,(H,79,80)(H,81,82)/t65?,66?,67-,68-,69-/m1/s1. The molecule has 0 aromatic heterocycles. The van der Waals surface area contributed by atoms with E-state index in [1.54, 1.807) is 0 Å². The highest BCUT2D eigenvalue weighted by atomic mass is 31.2. The van der Waals surface area contributed by atoms with Crippen LogP contribution in [0.2, 0.25) is 0 Å². The van der Waals surface area contributed by atoms with Crippen LogP contribution in [-0.4, -0.2) is 96.7 Å². The number of carbonyl (C=O) groups is 4. The van der Waals surface area contributed by atoms with Crippen molar-refractivity contribution in [3.8, 4) is 0 Å². The van der Waals surface area contributed by atoms with Crippen molar-refractivity contribution >= 4 is 39.5 Å². The number of unbranched alkanes of at least 4 members (excludes halogenated alkanes) is 37. The number of phosphoric ester groups is 2. The summed E-state index contributed by atoms with van der Waals surface area (Å²) in [6, 6.07) is 0. The molecule has 0 rings (SSSR count). The second kappa shape index (κ2) is 63.8. The molecule has 4 unspecified atom stereocenters. The number of hydrogen-bond acceptors (Lipinski definition) is 15. The Hall–Kier alpha value is -1.94. The van der Waals surface area contributed by atoms with Crippen LogP contribution >= 0.6 is 15.6 Å². The van der Waals surface area contributed by atoms with Crippen LogP contribution < -0.4 is 0 Å². The molecule has 0 aromatic carbocycles. The Kier molecular flexibility index (Phi) is 62.4. The molecule has 3 N–H and O–H groups in total. The summed E-state index contributed by atoms with van der Waals surface area (Å²) < 4.78 is 68.2. The molecule has 17 nitrogen and oxygen atoms in total. The lowest BCUT2D eigenvalue weighted by molar-refractivity contribution is -0.161. The van der Waals surface area contributed by atoms with Crippen molar-refractivity contribution in [1.29, 1.82) is 0 Å². The van der Waals surface area contributed by atoms with Gasteiger partial charge >= 0.3 is 39.5 Å². The summed E-state index contributed by atoms with van der Waals surface area (Å²) in [5.41, 5.74) is 0. The molecule has 0 heterocycles. The Labute approximate surface area is 562 Å². The molecule has 0 aliphatic rings. The van der Waals surface area contributed by atoms with Gasteiger partial charge in [-0.15, -0.1) is 0 Å². The molecule has 0 bridgehead atoms. The van der Waals surface area contributed by atoms with Gasteiger partial charge in [0.2, 0.25) is 0 Å². The van der Waals surface area contributed by atoms with Crippen LogP contribution in [0, 0.1) is 17.8 Å². The molecule has 0 amide bonds. The molecule has 0 aromatic rings. The zero-order valence-electron chi connectivity index (χ0n) is 60.0. The van der Waals surface area contributed by atoms with Crippen molar-refractivity contribution in [1.82, 2.24) is 0 Å². The summed E-state index contributed by atoms with van der Waals surface area (Å²) in [6.45, 7) is 11.8. The first kappa shape index (κ1) is 90.1. The summed E-state index contributed by atoms with van der Waals surface area (Å²) >= 11 is 0. The van der Waals surface area contributed by atoms with Crippen molar-refractivity contribution in [2.45, 2.75) is 388 Å². The largest absolute Gasteiger partial charge is 0.472 e. The van der Waals surface area contributed by atoms with Gasteiger partial charge in [-0.2, -0.15) is 0 Å². The van der Waals surface area contributed by atoms with E-state index in [-0.39, 0.29) is 25.7 Å². The topological polar surface area (TPSA) is 237 Å². The third-order valence-corrected chi connectivity index (χ3v) is 19.5. The van der Waals surface area contributed by atoms with E-state index < -0.39 is 97.5 Å². The van der Waals surface area contributed by atoms with Gasteiger partial charge in [-0.05, 0) is 43.4 Å². The second-order valence-electron chi connectivity index (χ2n) is 27.3. The highest BCUT2D eigenvalue weighted by Gasteiger charge is 2.30. The Morgan fingerprint density at radius 3 is 0.826 bits per heavy atom. The minimum absolute atomic E-state index is 0.102. The molecule has 7 atom stereocenters. The van der Waals surface area contributed by atoms with Crippen LogP contribution in [0.25, 0.3) is 0 Å². The van der Waals surface area contributed by atoms with E-state index in [4.69, 9.17) is 37.0 Å². The van der Waals surface area contributed by atoms with Crippen molar-refractivity contribution in [2.75, 3.05) is 39.6 Å². The number of carbonyl (C=O) groups excluding carboxylic acids is 4. The minimum Gasteiger partial charge on any atom is -0.462 e.